The predicted octanol–water partition coefficient (Wildman–Crippen LogP) is 5.11. The van der Waals surface area contributed by atoms with Crippen LogP contribution in [0.4, 0.5) is 0 Å². The van der Waals surface area contributed by atoms with Gasteiger partial charge in [0.05, 0.1) is 11.6 Å². The summed E-state index contributed by atoms with van der Waals surface area (Å²) in [5.41, 5.74) is 2.21. The molecule has 0 aliphatic carbocycles. The zero-order valence-corrected chi connectivity index (χ0v) is 13.9. The summed E-state index contributed by atoms with van der Waals surface area (Å²) in [5, 5.41) is 0. The van der Waals surface area contributed by atoms with Crippen LogP contribution in [0, 0.1) is 6.92 Å². The van der Waals surface area contributed by atoms with Crippen molar-refractivity contribution in [2.45, 2.75) is 13.5 Å². The van der Waals surface area contributed by atoms with Gasteiger partial charge in [-0.1, -0.05) is 28.1 Å². The van der Waals surface area contributed by atoms with Gasteiger partial charge in [0.2, 0.25) is 0 Å². The summed E-state index contributed by atoms with van der Waals surface area (Å²) in [6.07, 6.45) is 0. The maximum atomic E-state index is 5.84. The lowest BCUT2D eigenvalue weighted by Gasteiger charge is -2.11. The third-order valence-corrected chi connectivity index (χ3v) is 3.87. The minimum Gasteiger partial charge on any atom is -0.496 e. The van der Waals surface area contributed by atoms with Crippen LogP contribution in [0.1, 0.15) is 11.1 Å². The van der Waals surface area contributed by atoms with Gasteiger partial charge in [0.25, 0.3) is 0 Å². The minimum atomic E-state index is 0.528. The molecule has 0 amide bonds. The number of benzene rings is 2. The quantitative estimate of drug-likeness (QED) is 0.728. The second-order valence-corrected chi connectivity index (χ2v) is 5.94. The largest absolute Gasteiger partial charge is 0.496 e. The van der Waals surface area contributed by atoms with E-state index in [0.717, 1.165) is 31.6 Å². The Kier molecular flexibility index (Phi) is 4.88. The van der Waals surface area contributed by atoms with Crippen LogP contribution in [-0.4, -0.2) is 7.11 Å². The van der Waals surface area contributed by atoms with Gasteiger partial charge in [-0.25, -0.2) is 0 Å². The Morgan fingerprint density at radius 3 is 2.47 bits per heavy atom. The summed E-state index contributed by atoms with van der Waals surface area (Å²) < 4.78 is 13.0. The molecule has 0 aliphatic heterocycles. The van der Waals surface area contributed by atoms with Crippen LogP contribution in [0.5, 0.6) is 11.5 Å². The summed E-state index contributed by atoms with van der Waals surface area (Å²) in [6, 6.07) is 11.9. The number of hydrogen-bond acceptors (Lipinski definition) is 2. The van der Waals surface area contributed by atoms with Crippen LogP contribution in [0.3, 0.4) is 0 Å². The van der Waals surface area contributed by atoms with Gasteiger partial charge in [-0.2, -0.15) is 0 Å². The molecule has 2 aromatic carbocycles. The van der Waals surface area contributed by atoms with Crippen molar-refractivity contribution in [2.75, 3.05) is 7.11 Å². The number of halogens is 2. The molecule has 4 heteroatoms. The summed E-state index contributed by atoms with van der Waals surface area (Å²) in [7, 11) is 1.65. The first-order valence-corrected chi connectivity index (χ1v) is 7.40. The fraction of sp³-hybridized carbons (Fsp3) is 0.200. The Hall–Kier alpha value is -1.00. The summed E-state index contributed by atoms with van der Waals surface area (Å²) >= 11 is 6.92. The fourth-order valence-corrected chi connectivity index (χ4v) is 2.62. The molecule has 0 heterocycles. The smallest absolute Gasteiger partial charge is 0.133 e. The van der Waals surface area contributed by atoms with E-state index in [2.05, 4.69) is 31.9 Å². The SMILES string of the molecule is COc1ccc(COc2cc(Br)ccc2C)cc1Br. The third kappa shape index (κ3) is 3.74. The number of hydrogen-bond donors (Lipinski definition) is 0. The fourth-order valence-electron chi connectivity index (χ4n) is 1.69. The van der Waals surface area contributed by atoms with E-state index >= 15 is 0 Å². The summed E-state index contributed by atoms with van der Waals surface area (Å²) in [5.74, 6) is 1.71. The van der Waals surface area contributed by atoms with Crippen LogP contribution >= 0.6 is 31.9 Å². The average molecular weight is 386 g/mol. The van der Waals surface area contributed by atoms with E-state index in [-0.39, 0.29) is 0 Å². The van der Waals surface area contributed by atoms with E-state index < -0.39 is 0 Å². The van der Waals surface area contributed by atoms with Crippen LogP contribution in [0.25, 0.3) is 0 Å². The molecule has 2 aromatic rings. The first-order valence-electron chi connectivity index (χ1n) is 5.81. The van der Waals surface area contributed by atoms with Gasteiger partial charge in [-0.05, 0) is 58.2 Å². The molecule has 0 aromatic heterocycles. The first-order chi connectivity index (χ1) is 9.10. The van der Waals surface area contributed by atoms with Crippen molar-refractivity contribution in [1.29, 1.82) is 0 Å². The van der Waals surface area contributed by atoms with Gasteiger partial charge in [0.1, 0.15) is 18.1 Å². The second kappa shape index (κ2) is 6.44. The normalized spacial score (nSPS) is 10.3. The Morgan fingerprint density at radius 2 is 1.79 bits per heavy atom. The van der Waals surface area contributed by atoms with E-state index in [4.69, 9.17) is 9.47 Å². The van der Waals surface area contributed by atoms with E-state index in [1.807, 2.05) is 43.3 Å². The Balaban J connectivity index is 2.10. The Bertz CT molecular complexity index is 582. The molecule has 0 radical (unpaired) electrons. The minimum absolute atomic E-state index is 0.528. The highest BCUT2D eigenvalue weighted by Crippen LogP contribution is 2.27. The maximum absolute atomic E-state index is 5.84. The van der Waals surface area contributed by atoms with Crippen molar-refractivity contribution in [3.8, 4) is 11.5 Å². The molecule has 0 bridgehead atoms. The molecule has 0 aliphatic rings. The van der Waals surface area contributed by atoms with Gasteiger partial charge in [0.15, 0.2) is 0 Å². The van der Waals surface area contributed by atoms with Crippen LogP contribution in [-0.2, 0) is 6.61 Å². The van der Waals surface area contributed by atoms with Crippen LogP contribution in [0.15, 0.2) is 45.3 Å². The van der Waals surface area contributed by atoms with Gasteiger partial charge >= 0.3 is 0 Å². The lowest BCUT2D eigenvalue weighted by Crippen LogP contribution is -1.97. The topological polar surface area (TPSA) is 18.5 Å². The highest BCUT2D eigenvalue weighted by atomic mass is 79.9. The van der Waals surface area contributed by atoms with Crippen LogP contribution < -0.4 is 9.47 Å². The van der Waals surface area contributed by atoms with Gasteiger partial charge < -0.3 is 9.47 Å². The molecule has 0 unspecified atom stereocenters. The predicted molar refractivity (Wildman–Crippen MR) is 83.9 cm³/mol. The van der Waals surface area contributed by atoms with Crippen molar-refractivity contribution in [3.05, 3.63) is 56.5 Å². The standard InChI is InChI=1S/C15H14Br2O2/c1-10-3-5-12(16)8-15(10)19-9-11-4-6-14(18-2)13(17)7-11/h3-8H,9H2,1-2H3. The van der Waals surface area contributed by atoms with E-state index in [0.29, 0.717) is 6.61 Å². The number of rotatable bonds is 4. The highest BCUT2D eigenvalue weighted by Gasteiger charge is 2.04. The molecule has 0 saturated heterocycles. The van der Waals surface area contributed by atoms with E-state index in [1.165, 1.54) is 0 Å². The van der Waals surface area contributed by atoms with Gasteiger partial charge in [0, 0.05) is 4.47 Å². The molecule has 19 heavy (non-hydrogen) atoms. The molecule has 2 rings (SSSR count). The molecule has 0 saturated carbocycles. The Morgan fingerprint density at radius 1 is 1.00 bits per heavy atom. The number of aryl methyl sites for hydroxylation is 1. The first kappa shape index (κ1) is 14.4. The molecular weight excluding hydrogens is 372 g/mol. The molecule has 0 N–H and O–H groups in total. The van der Waals surface area contributed by atoms with Crippen molar-refractivity contribution in [3.63, 3.8) is 0 Å². The molecule has 2 nitrogen and oxygen atoms in total. The maximum Gasteiger partial charge on any atom is 0.133 e. The van der Waals surface area contributed by atoms with Crippen LogP contribution in [0.2, 0.25) is 0 Å². The Labute approximate surface area is 130 Å². The van der Waals surface area contributed by atoms with Crippen molar-refractivity contribution >= 4 is 31.9 Å². The zero-order chi connectivity index (χ0) is 13.8. The molecular formula is C15H14Br2O2. The van der Waals surface area contributed by atoms with Crippen molar-refractivity contribution in [1.82, 2.24) is 0 Å². The van der Waals surface area contributed by atoms with E-state index in [9.17, 15) is 0 Å². The van der Waals surface area contributed by atoms with Crippen molar-refractivity contribution in [2.24, 2.45) is 0 Å². The molecule has 0 spiro atoms. The summed E-state index contributed by atoms with van der Waals surface area (Å²) in [4.78, 5) is 0. The highest BCUT2D eigenvalue weighted by molar-refractivity contribution is 9.10. The number of methoxy groups -OCH3 is 1. The van der Waals surface area contributed by atoms with Gasteiger partial charge in [-0.15, -0.1) is 0 Å². The van der Waals surface area contributed by atoms with E-state index in [1.54, 1.807) is 7.11 Å². The monoisotopic (exact) mass is 384 g/mol. The van der Waals surface area contributed by atoms with Gasteiger partial charge in [-0.3, -0.25) is 0 Å². The molecule has 0 fully saturated rings. The molecule has 100 valence electrons. The summed E-state index contributed by atoms with van der Waals surface area (Å²) in [6.45, 7) is 2.56. The second-order valence-electron chi connectivity index (χ2n) is 4.17. The van der Waals surface area contributed by atoms with Crippen molar-refractivity contribution < 1.29 is 9.47 Å². The number of ether oxygens (including phenoxy) is 2. The lowest BCUT2D eigenvalue weighted by atomic mass is 10.2. The zero-order valence-electron chi connectivity index (χ0n) is 10.7. The average Bonchev–Trinajstić information content (AvgIpc) is 2.40. The third-order valence-electron chi connectivity index (χ3n) is 2.76. The molecule has 0 atom stereocenters. The lowest BCUT2D eigenvalue weighted by molar-refractivity contribution is 0.303.